The summed E-state index contributed by atoms with van der Waals surface area (Å²) in [6.45, 7) is 5.41. The summed E-state index contributed by atoms with van der Waals surface area (Å²) in [7, 11) is 1.64. The Hall–Kier alpha value is -2.49. The Morgan fingerprint density at radius 1 is 1.19 bits per heavy atom. The van der Waals surface area contributed by atoms with Crippen LogP contribution in [0.15, 0.2) is 49.1 Å². The molecule has 4 heteroatoms. The molecule has 110 valence electrons. The topological polar surface area (TPSA) is 44.8 Å². The Morgan fingerprint density at radius 2 is 1.81 bits per heavy atom. The molecular weight excluding hydrogens is 268 g/mol. The van der Waals surface area contributed by atoms with E-state index < -0.39 is 5.97 Å². The van der Waals surface area contributed by atoms with Crippen molar-refractivity contribution in [2.24, 2.45) is 0 Å². The number of hydrogen-bond donors (Lipinski definition) is 0. The molecule has 0 bridgehead atoms. The Morgan fingerprint density at radius 3 is 2.43 bits per heavy atom. The highest BCUT2D eigenvalue weighted by atomic mass is 16.6. The van der Waals surface area contributed by atoms with Crippen LogP contribution in [-0.2, 0) is 9.53 Å². The van der Waals surface area contributed by atoms with Gasteiger partial charge in [0.2, 0.25) is 0 Å². The summed E-state index contributed by atoms with van der Waals surface area (Å²) in [4.78, 5) is 11.1. The van der Waals surface area contributed by atoms with E-state index in [-0.39, 0.29) is 12.7 Å². The first-order valence-electron chi connectivity index (χ1n) is 6.67. The first-order chi connectivity index (χ1) is 10.2. The Balaban J connectivity index is 2.16. The van der Waals surface area contributed by atoms with E-state index in [2.05, 4.69) is 6.58 Å². The Kier molecular flexibility index (Phi) is 4.82. The fraction of sp³-hybridized carbons (Fsp3) is 0.235. The molecule has 21 heavy (non-hydrogen) atoms. The van der Waals surface area contributed by atoms with Crippen molar-refractivity contribution in [3.8, 4) is 11.5 Å². The van der Waals surface area contributed by atoms with Crippen LogP contribution in [-0.4, -0.2) is 25.8 Å². The molecule has 2 aromatic rings. The molecule has 2 aromatic carbocycles. The molecule has 2 rings (SSSR count). The maximum Gasteiger partial charge on any atom is 0.330 e. The highest BCUT2D eigenvalue weighted by Crippen LogP contribution is 2.32. The molecule has 0 heterocycles. The van der Waals surface area contributed by atoms with Gasteiger partial charge in [0.05, 0.1) is 7.11 Å². The summed E-state index contributed by atoms with van der Waals surface area (Å²) < 4.78 is 16.2. The molecule has 0 aliphatic heterocycles. The first-order valence-corrected chi connectivity index (χ1v) is 6.67. The van der Waals surface area contributed by atoms with Crippen molar-refractivity contribution in [1.82, 2.24) is 0 Å². The van der Waals surface area contributed by atoms with Crippen molar-refractivity contribution < 1.29 is 19.0 Å². The van der Waals surface area contributed by atoms with Crippen LogP contribution in [0.3, 0.4) is 0 Å². The average Bonchev–Trinajstić information content (AvgIpc) is 2.52. The minimum Gasteiger partial charge on any atom is -0.496 e. The van der Waals surface area contributed by atoms with Gasteiger partial charge in [-0.1, -0.05) is 30.8 Å². The van der Waals surface area contributed by atoms with Gasteiger partial charge in [0.25, 0.3) is 0 Å². The van der Waals surface area contributed by atoms with Crippen LogP contribution >= 0.6 is 0 Å². The average molecular weight is 286 g/mol. The predicted octanol–water partition coefficient (Wildman–Crippen LogP) is 3.34. The molecule has 0 aromatic heterocycles. The number of hydrogen-bond acceptors (Lipinski definition) is 4. The van der Waals surface area contributed by atoms with Gasteiger partial charge in [0.15, 0.2) is 0 Å². The molecule has 0 radical (unpaired) electrons. The number of ether oxygens (including phenoxy) is 3. The van der Waals surface area contributed by atoms with Crippen LogP contribution in [0.1, 0.15) is 6.92 Å². The molecule has 0 spiro atoms. The molecule has 1 atom stereocenters. The summed E-state index contributed by atoms with van der Waals surface area (Å²) in [5.74, 6) is 1.07. The van der Waals surface area contributed by atoms with E-state index in [1.165, 1.54) is 0 Å². The van der Waals surface area contributed by atoms with Crippen molar-refractivity contribution >= 4 is 16.7 Å². The van der Waals surface area contributed by atoms with Crippen molar-refractivity contribution in [3.05, 3.63) is 49.1 Å². The van der Waals surface area contributed by atoms with E-state index in [0.29, 0.717) is 0 Å². The second-order valence-corrected chi connectivity index (χ2v) is 4.57. The van der Waals surface area contributed by atoms with Gasteiger partial charge in [-0.3, -0.25) is 0 Å². The molecule has 0 saturated heterocycles. The van der Waals surface area contributed by atoms with Crippen LogP contribution in [0.4, 0.5) is 0 Å². The number of fused-ring (bicyclic) bond motifs is 1. The lowest BCUT2D eigenvalue weighted by Crippen LogP contribution is -2.20. The van der Waals surface area contributed by atoms with Gasteiger partial charge in [-0.15, -0.1) is 0 Å². The molecule has 1 unspecified atom stereocenters. The molecule has 0 N–H and O–H groups in total. The largest absolute Gasteiger partial charge is 0.496 e. The van der Waals surface area contributed by atoms with Crippen molar-refractivity contribution in [1.29, 1.82) is 0 Å². The highest BCUT2D eigenvalue weighted by molar-refractivity contribution is 5.93. The first kappa shape index (κ1) is 14.9. The Bertz CT molecular complexity index is 648. The van der Waals surface area contributed by atoms with Crippen LogP contribution < -0.4 is 9.47 Å². The fourth-order valence-electron chi connectivity index (χ4n) is 2.04. The third-order valence-corrected chi connectivity index (χ3v) is 3.02. The zero-order valence-electron chi connectivity index (χ0n) is 12.2. The summed E-state index contributed by atoms with van der Waals surface area (Å²) in [5.41, 5.74) is 0. The lowest BCUT2D eigenvalue weighted by atomic mass is 10.1. The summed E-state index contributed by atoms with van der Waals surface area (Å²) in [6.07, 6.45) is 0.788. The van der Waals surface area contributed by atoms with Gasteiger partial charge >= 0.3 is 5.97 Å². The van der Waals surface area contributed by atoms with Crippen LogP contribution in [0.25, 0.3) is 10.8 Å². The quantitative estimate of drug-likeness (QED) is 0.603. The van der Waals surface area contributed by atoms with Gasteiger partial charge < -0.3 is 14.2 Å². The minimum absolute atomic E-state index is 0.274. The van der Waals surface area contributed by atoms with Gasteiger partial charge in [0.1, 0.15) is 24.2 Å². The lowest BCUT2D eigenvalue weighted by molar-refractivity contribution is -0.143. The van der Waals surface area contributed by atoms with Gasteiger partial charge in [0, 0.05) is 16.8 Å². The molecule has 0 amide bonds. The predicted molar refractivity (Wildman–Crippen MR) is 81.7 cm³/mol. The number of rotatable bonds is 6. The van der Waals surface area contributed by atoms with Gasteiger partial charge in [-0.05, 0) is 19.1 Å². The Labute approximate surface area is 123 Å². The second kappa shape index (κ2) is 6.79. The normalized spacial score (nSPS) is 11.7. The standard InChI is InChI=1S/C17H18O4/c1-4-17(18)21-12(2)11-20-16-10-9-15(19-3)13-7-5-6-8-14(13)16/h4-10,12H,1,11H2,2-3H3. The summed E-state index contributed by atoms with van der Waals surface area (Å²) in [6, 6.07) is 11.5. The molecule has 4 nitrogen and oxygen atoms in total. The van der Waals surface area contributed by atoms with Gasteiger partial charge in [-0.2, -0.15) is 0 Å². The third-order valence-electron chi connectivity index (χ3n) is 3.02. The minimum atomic E-state index is -0.453. The molecule has 0 saturated carbocycles. The van der Waals surface area contributed by atoms with E-state index in [9.17, 15) is 4.79 Å². The SMILES string of the molecule is C=CC(=O)OC(C)COc1ccc(OC)c2ccccc12. The van der Waals surface area contributed by atoms with E-state index in [1.54, 1.807) is 14.0 Å². The number of benzene rings is 2. The molecule has 0 aliphatic rings. The monoisotopic (exact) mass is 286 g/mol. The van der Waals surface area contributed by atoms with E-state index in [4.69, 9.17) is 14.2 Å². The summed E-state index contributed by atoms with van der Waals surface area (Å²) in [5, 5.41) is 1.94. The van der Waals surface area contributed by atoms with Crippen molar-refractivity contribution in [2.45, 2.75) is 13.0 Å². The number of methoxy groups -OCH3 is 1. The number of esters is 1. The second-order valence-electron chi connectivity index (χ2n) is 4.57. The summed E-state index contributed by atoms with van der Waals surface area (Å²) >= 11 is 0. The lowest BCUT2D eigenvalue weighted by Gasteiger charge is -2.15. The molecular formula is C17H18O4. The molecule has 0 fully saturated rings. The maximum absolute atomic E-state index is 11.1. The third kappa shape index (κ3) is 3.54. The maximum atomic E-state index is 11.1. The zero-order valence-corrected chi connectivity index (χ0v) is 12.2. The van der Waals surface area contributed by atoms with Crippen molar-refractivity contribution in [3.63, 3.8) is 0 Å². The van der Waals surface area contributed by atoms with Crippen molar-refractivity contribution in [2.75, 3.05) is 13.7 Å². The van der Waals surface area contributed by atoms with E-state index >= 15 is 0 Å². The highest BCUT2D eigenvalue weighted by Gasteiger charge is 2.10. The van der Waals surface area contributed by atoms with Gasteiger partial charge in [-0.25, -0.2) is 4.79 Å². The van der Waals surface area contributed by atoms with Crippen LogP contribution in [0.2, 0.25) is 0 Å². The van der Waals surface area contributed by atoms with Crippen LogP contribution in [0.5, 0.6) is 11.5 Å². The van der Waals surface area contributed by atoms with E-state index in [1.807, 2.05) is 36.4 Å². The fourth-order valence-corrected chi connectivity index (χ4v) is 2.04. The van der Waals surface area contributed by atoms with E-state index in [0.717, 1.165) is 28.3 Å². The molecule has 0 aliphatic carbocycles. The smallest absolute Gasteiger partial charge is 0.330 e. The number of carbonyl (C=O) groups is 1. The zero-order chi connectivity index (χ0) is 15.2. The van der Waals surface area contributed by atoms with Crippen LogP contribution in [0, 0.1) is 0 Å². The number of carbonyl (C=O) groups excluding carboxylic acids is 1.